The van der Waals surface area contributed by atoms with E-state index in [0.29, 0.717) is 33.9 Å². The van der Waals surface area contributed by atoms with Gasteiger partial charge in [-0.05, 0) is 55.0 Å². The van der Waals surface area contributed by atoms with Crippen LogP contribution in [0.4, 0.5) is 8.78 Å². The van der Waals surface area contributed by atoms with E-state index in [0.717, 1.165) is 6.07 Å². The van der Waals surface area contributed by atoms with E-state index >= 15 is 0 Å². The lowest BCUT2D eigenvalue weighted by molar-refractivity contribution is 0.0945. The quantitative estimate of drug-likeness (QED) is 0.415. The van der Waals surface area contributed by atoms with Crippen molar-refractivity contribution in [2.45, 2.75) is 6.92 Å². The molecule has 168 valence electrons. The molecule has 3 N–H and O–H groups in total. The first-order valence-electron chi connectivity index (χ1n) is 10.0. The number of aromatic nitrogens is 2. The standard InChI is InChI=1S/C24H19F2N3O4/c1-13-23(31)29-19-5-2-14(11-20(19)28-13)17-10-15(24(32)27-8-9-30)3-6-21(17)33-22-7-4-16(25)12-18(22)26/h2-7,10-12,30H,8-9H2,1H3,(H,27,32)(H,29,31). The number of aryl methyl sites for hydroxylation is 1. The monoisotopic (exact) mass is 451 g/mol. The molecule has 4 rings (SSSR count). The van der Waals surface area contributed by atoms with Crippen LogP contribution in [0.3, 0.4) is 0 Å². The molecular weight excluding hydrogens is 432 g/mol. The van der Waals surface area contributed by atoms with Crippen LogP contribution in [-0.4, -0.2) is 34.1 Å². The van der Waals surface area contributed by atoms with Crippen LogP contribution in [0.5, 0.6) is 11.5 Å². The third kappa shape index (κ3) is 4.73. The van der Waals surface area contributed by atoms with Crippen LogP contribution >= 0.6 is 0 Å². The van der Waals surface area contributed by atoms with Gasteiger partial charge in [0.2, 0.25) is 0 Å². The third-order valence-corrected chi connectivity index (χ3v) is 4.93. The minimum Gasteiger partial charge on any atom is -0.454 e. The number of aliphatic hydroxyl groups excluding tert-OH is 1. The van der Waals surface area contributed by atoms with Crippen LogP contribution in [-0.2, 0) is 0 Å². The number of carbonyl (C=O) groups excluding carboxylic acids is 1. The van der Waals surface area contributed by atoms with E-state index < -0.39 is 17.5 Å². The fraction of sp³-hybridized carbons (Fsp3) is 0.125. The van der Waals surface area contributed by atoms with Gasteiger partial charge in [-0.15, -0.1) is 0 Å². The minimum atomic E-state index is -0.876. The topological polar surface area (TPSA) is 104 Å². The summed E-state index contributed by atoms with van der Waals surface area (Å²) in [4.78, 5) is 31.3. The Morgan fingerprint density at radius 1 is 1.09 bits per heavy atom. The molecule has 1 amide bonds. The van der Waals surface area contributed by atoms with Gasteiger partial charge in [-0.2, -0.15) is 0 Å². The zero-order valence-electron chi connectivity index (χ0n) is 17.5. The van der Waals surface area contributed by atoms with E-state index in [1.807, 2.05) is 0 Å². The van der Waals surface area contributed by atoms with E-state index in [9.17, 15) is 18.4 Å². The molecule has 7 nitrogen and oxygen atoms in total. The fourth-order valence-corrected chi connectivity index (χ4v) is 3.28. The Morgan fingerprint density at radius 2 is 1.88 bits per heavy atom. The summed E-state index contributed by atoms with van der Waals surface area (Å²) >= 11 is 0. The fourth-order valence-electron chi connectivity index (χ4n) is 3.28. The van der Waals surface area contributed by atoms with Crippen molar-refractivity contribution in [2.24, 2.45) is 0 Å². The molecule has 0 bridgehead atoms. The number of benzene rings is 3. The second kappa shape index (κ2) is 9.17. The van der Waals surface area contributed by atoms with Crippen molar-refractivity contribution < 1.29 is 23.4 Å². The highest BCUT2D eigenvalue weighted by Crippen LogP contribution is 2.36. The van der Waals surface area contributed by atoms with Crippen molar-refractivity contribution in [1.82, 2.24) is 15.3 Å². The van der Waals surface area contributed by atoms with Crippen LogP contribution in [0, 0.1) is 18.6 Å². The zero-order chi connectivity index (χ0) is 23.5. The van der Waals surface area contributed by atoms with Crippen molar-refractivity contribution in [3.8, 4) is 22.6 Å². The predicted molar refractivity (Wildman–Crippen MR) is 118 cm³/mol. The highest BCUT2D eigenvalue weighted by Gasteiger charge is 2.16. The summed E-state index contributed by atoms with van der Waals surface area (Å²) in [7, 11) is 0. The normalized spacial score (nSPS) is 10.9. The third-order valence-electron chi connectivity index (χ3n) is 4.93. The molecule has 0 aliphatic rings. The average molecular weight is 451 g/mol. The number of H-pyrrole nitrogens is 1. The molecule has 4 aromatic rings. The van der Waals surface area contributed by atoms with E-state index in [1.54, 1.807) is 31.2 Å². The van der Waals surface area contributed by atoms with E-state index in [-0.39, 0.29) is 35.8 Å². The molecule has 0 unspecified atom stereocenters. The Hall–Kier alpha value is -4.11. The molecule has 3 aromatic carbocycles. The number of halogens is 2. The maximum Gasteiger partial charge on any atom is 0.269 e. The van der Waals surface area contributed by atoms with Crippen LogP contribution in [0.1, 0.15) is 16.1 Å². The molecule has 0 aliphatic heterocycles. The molecule has 33 heavy (non-hydrogen) atoms. The van der Waals surface area contributed by atoms with Gasteiger partial charge in [-0.25, -0.2) is 13.8 Å². The highest BCUT2D eigenvalue weighted by molar-refractivity contribution is 5.96. The Kier molecular flexibility index (Phi) is 6.14. The molecule has 0 saturated heterocycles. The largest absolute Gasteiger partial charge is 0.454 e. The van der Waals surface area contributed by atoms with Gasteiger partial charge in [0.05, 0.1) is 17.6 Å². The Labute approximate surface area is 186 Å². The summed E-state index contributed by atoms with van der Waals surface area (Å²) in [6.07, 6.45) is 0. The number of aromatic amines is 1. The lowest BCUT2D eigenvalue weighted by atomic mass is 10.0. The zero-order valence-corrected chi connectivity index (χ0v) is 17.5. The summed E-state index contributed by atoms with van der Waals surface area (Å²) in [6, 6.07) is 12.6. The molecule has 0 atom stereocenters. The number of ether oxygens (including phenoxy) is 1. The summed E-state index contributed by atoms with van der Waals surface area (Å²) in [5.74, 6) is -1.99. The van der Waals surface area contributed by atoms with Gasteiger partial charge in [0.25, 0.3) is 11.5 Å². The van der Waals surface area contributed by atoms with Crippen molar-refractivity contribution in [1.29, 1.82) is 0 Å². The lowest BCUT2D eigenvalue weighted by Gasteiger charge is -2.14. The second-order valence-corrected chi connectivity index (χ2v) is 7.25. The second-order valence-electron chi connectivity index (χ2n) is 7.25. The first-order chi connectivity index (χ1) is 15.9. The number of rotatable bonds is 6. The Balaban J connectivity index is 1.83. The van der Waals surface area contributed by atoms with Gasteiger partial charge in [0.1, 0.15) is 17.3 Å². The van der Waals surface area contributed by atoms with E-state index in [4.69, 9.17) is 9.84 Å². The van der Waals surface area contributed by atoms with Crippen LogP contribution in [0.2, 0.25) is 0 Å². The molecular formula is C24H19F2N3O4. The lowest BCUT2D eigenvalue weighted by Crippen LogP contribution is -2.26. The van der Waals surface area contributed by atoms with Crippen molar-refractivity contribution in [3.63, 3.8) is 0 Å². The van der Waals surface area contributed by atoms with Crippen molar-refractivity contribution in [3.05, 3.63) is 87.8 Å². The SMILES string of the molecule is Cc1nc2cc(-c3cc(C(=O)NCCO)ccc3Oc3ccc(F)cc3F)ccc2[nH]c1=O. The van der Waals surface area contributed by atoms with Crippen LogP contribution < -0.4 is 15.6 Å². The van der Waals surface area contributed by atoms with Gasteiger partial charge in [0.15, 0.2) is 11.6 Å². The number of fused-ring (bicyclic) bond motifs is 1. The number of nitrogens with one attached hydrogen (secondary N) is 2. The number of hydrogen-bond donors (Lipinski definition) is 3. The number of amides is 1. The smallest absolute Gasteiger partial charge is 0.269 e. The number of carbonyl (C=O) groups is 1. The molecule has 1 aromatic heterocycles. The Bertz CT molecular complexity index is 1420. The van der Waals surface area contributed by atoms with Crippen molar-refractivity contribution in [2.75, 3.05) is 13.2 Å². The highest BCUT2D eigenvalue weighted by atomic mass is 19.1. The van der Waals surface area contributed by atoms with E-state index in [1.165, 1.54) is 18.2 Å². The van der Waals surface area contributed by atoms with Gasteiger partial charge >= 0.3 is 0 Å². The summed E-state index contributed by atoms with van der Waals surface area (Å²) < 4.78 is 33.2. The summed E-state index contributed by atoms with van der Waals surface area (Å²) in [5.41, 5.74) is 2.36. The maximum absolute atomic E-state index is 14.2. The summed E-state index contributed by atoms with van der Waals surface area (Å²) in [5, 5.41) is 11.5. The summed E-state index contributed by atoms with van der Waals surface area (Å²) in [6.45, 7) is 1.46. The van der Waals surface area contributed by atoms with Gasteiger partial charge in [-0.3, -0.25) is 9.59 Å². The number of hydrogen-bond acceptors (Lipinski definition) is 5. The van der Waals surface area contributed by atoms with Crippen LogP contribution in [0.25, 0.3) is 22.2 Å². The molecule has 0 radical (unpaired) electrons. The molecule has 0 aliphatic carbocycles. The first kappa shape index (κ1) is 22.1. The Morgan fingerprint density at radius 3 is 2.64 bits per heavy atom. The predicted octanol–water partition coefficient (Wildman–Crippen LogP) is 3.69. The molecule has 0 spiro atoms. The molecule has 0 fully saturated rings. The maximum atomic E-state index is 14.2. The molecule has 1 heterocycles. The minimum absolute atomic E-state index is 0.0831. The van der Waals surface area contributed by atoms with Gasteiger partial charge < -0.3 is 20.1 Å². The molecule has 0 saturated carbocycles. The number of aliphatic hydroxyl groups is 1. The molecule has 9 heteroatoms. The first-order valence-corrected chi connectivity index (χ1v) is 10.0. The van der Waals surface area contributed by atoms with Gasteiger partial charge in [0, 0.05) is 23.7 Å². The average Bonchev–Trinajstić information content (AvgIpc) is 2.80. The number of nitrogens with zero attached hydrogens (tertiary/aromatic N) is 1. The van der Waals surface area contributed by atoms with Crippen molar-refractivity contribution >= 4 is 16.9 Å². The van der Waals surface area contributed by atoms with Crippen LogP contribution in [0.15, 0.2) is 59.4 Å². The van der Waals surface area contributed by atoms with E-state index in [2.05, 4.69) is 15.3 Å². The van der Waals surface area contributed by atoms with Gasteiger partial charge in [-0.1, -0.05) is 6.07 Å².